The number of rotatable bonds is 1. The van der Waals surface area contributed by atoms with Crippen LogP contribution in [0, 0.1) is 17.3 Å². The summed E-state index contributed by atoms with van der Waals surface area (Å²) < 4.78 is 0. The first-order chi connectivity index (χ1) is 5.12. The highest BCUT2D eigenvalue weighted by Gasteiger charge is 2.53. The number of Topliss-reactive ketones (excluding diaryl/α,β-unsaturated/α-hetero) is 1. The van der Waals surface area contributed by atoms with Crippen molar-refractivity contribution in [2.75, 3.05) is 0 Å². The number of hydrogen-bond acceptors (Lipinski definition) is 1. The molecule has 3 atom stereocenters. The van der Waals surface area contributed by atoms with Crippen LogP contribution in [0.15, 0.2) is 0 Å². The van der Waals surface area contributed by atoms with Crippen molar-refractivity contribution in [2.24, 2.45) is 17.3 Å². The van der Waals surface area contributed by atoms with E-state index < -0.39 is 0 Å². The SMILES string of the molecule is CC(=O)[C@H]1CC[C@@]2(C)C[C@@H]2C1. The van der Waals surface area contributed by atoms with Crippen molar-refractivity contribution < 1.29 is 4.79 Å². The minimum absolute atomic E-state index is 0.413. The first-order valence-corrected chi connectivity index (χ1v) is 4.62. The monoisotopic (exact) mass is 152 g/mol. The highest BCUT2D eigenvalue weighted by Crippen LogP contribution is 2.62. The Labute approximate surface area is 68.2 Å². The maximum absolute atomic E-state index is 11.1. The molecule has 0 unspecified atom stereocenters. The van der Waals surface area contributed by atoms with Gasteiger partial charge in [-0.15, -0.1) is 0 Å². The fraction of sp³-hybridized carbons (Fsp3) is 0.900. The lowest BCUT2D eigenvalue weighted by Crippen LogP contribution is -2.19. The van der Waals surface area contributed by atoms with Crippen LogP contribution in [0.1, 0.15) is 39.5 Å². The molecule has 0 aromatic carbocycles. The zero-order valence-electron chi connectivity index (χ0n) is 7.39. The van der Waals surface area contributed by atoms with Gasteiger partial charge >= 0.3 is 0 Å². The van der Waals surface area contributed by atoms with Crippen LogP contribution >= 0.6 is 0 Å². The first-order valence-electron chi connectivity index (χ1n) is 4.62. The Kier molecular flexibility index (Phi) is 1.39. The molecule has 1 nitrogen and oxygen atoms in total. The molecule has 2 rings (SSSR count). The zero-order chi connectivity index (χ0) is 8.06. The summed E-state index contributed by atoms with van der Waals surface area (Å²) in [7, 11) is 0. The average Bonchev–Trinajstić information content (AvgIpc) is 2.58. The van der Waals surface area contributed by atoms with Gasteiger partial charge in [-0.1, -0.05) is 6.92 Å². The summed E-state index contributed by atoms with van der Waals surface area (Å²) in [5.74, 6) is 1.72. The fourth-order valence-corrected chi connectivity index (χ4v) is 2.51. The Balaban J connectivity index is 1.98. The summed E-state index contributed by atoms with van der Waals surface area (Å²) in [5.41, 5.74) is 0.659. The van der Waals surface area contributed by atoms with Crippen LogP contribution in [0.3, 0.4) is 0 Å². The molecule has 0 aromatic rings. The van der Waals surface area contributed by atoms with E-state index in [9.17, 15) is 4.79 Å². The highest BCUT2D eigenvalue weighted by atomic mass is 16.1. The van der Waals surface area contributed by atoms with Crippen molar-refractivity contribution in [1.29, 1.82) is 0 Å². The average molecular weight is 152 g/mol. The lowest BCUT2D eigenvalue weighted by Gasteiger charge is -2.23. The third-order valence-electron chi connectivity index (χ3n) is 3.75. The lowest BCUT2D eigenvalue weighted by atomic mass is 9.81. The van der Waals surface area contributed by atoms with E-state index in [1.807, 2.05) is 0 Å². The van der Waals surface area contributed by atoms with E-state index in [0.29, 0.717) is 17.1 Å². The van der Waals surface area contributed by atoms with Gasteiger partial charge in [0.05, 0.1) is 0 Å². The molecule has 0 radical (unpaired) electrons. The van der Waals surface area contributed by atoms with Crippen molar-refractivity contribution in [3.63, 3.8) is 0 Å². The Bertz CT molecular complexity index is 197. The van der Waals surface area contributed by atoms with Crippen LogP contribution in [0.5, 0.6) is 0 Å². The van der Waals surface area contributed by atoms with Crippen LogP contribution in [0.4, 0.5) is 0 Å². The Morgan fingerprint density at radius 1 is 1.55 bits per heavy atom. The highest BCUT2D eigenvalue weighted by molar-refractivity contribution is 5.78. The van der Waals surface area contributed by atoms with Gasteiger partial charge in [-0.25, -0.2) is 0 Å². The third-order valence-corrected chi connectivity index (χ3v) is 3.75. The molecule has 0 aromatic heterocycles. The van der Waals surface area contributed by atoms with Gasteiger partial charge in [0.2, 0.25) is 0 Å². The summed E-state index contributed by atoms with van der Waals surface area (Å²) >= 11 is 0. The van der Waals surface area contributed by atoms with Crippen LogP contribution < -0.4 is 0 Å². The van der Waals surface area contributed by atoms with Gasteiger partial charge in [0.25, 0.3) is 0 Å². The minimum Gasteiger partial charge on any atom is -0.300 e. The third kappa shape index (κ3) is 1.11. The lowest BCUT2D eigenvalue weighted by molar-refractivity contribution is -0.121. The van der Waals surface area contributed by atoms with E-state index in [-0.39, 0.29) is 0 Å². The smallest absolute Gasteiger partial charge is 0.132 e. The van der Waals surface area contributed by atoms with E-state index in [0.717, 1.165) is 12.3 Å². The van der Waals surface area contributed by atoms with Crippen LogP contribution in [0.2, 0.25) is 0 Å². The molecule has 2 fully saturated rings. The number of ketones is 1. The predicted molar refractivity (Wildman–Crippen MR) is 44.2 cm³/mol. The second-order valence-electron chi connectivity index (χ2n) is 4.64. The van der Waals surface area contributed by atoms with Crippen LogP contribution in [-0.4, -0.2) is 5.78 Å². The number of carbonyl (C=O) groups excluding carboxylic acids is 1. The summed E-state index contributed by atoms with van der Waals surface area (Å²) in [4.78, 5) is 11.1. The van der Waals surface area contributed by atoms with Crippen molar-refractivity contribution >= 4 is 5.78 Å². The molecule has 2 aliphatic rings. The van der Waals surface area contributed by atoms with Crippen molar-refractivity contribution in [2.45, 2.75) is 39.5 Å². The van der Waals surface area contributed by atoms with Gasteiger partial charge in [0.15, 0.2) is 0 Å². The number of fused-ring (bicyclic) bond motifs is 1. The predicted octanol–water partition coefficient (Wildman–Crippen LogP) is 2.40. The molecule has 0 spiro atoms. The maximum atomic E-state index is 11.1. The molecular formula is C10H16O. The molecule has 1 heteroatoms. The Hall–Kier alpha value is -0.330. The van der Waals surface area contributed by atoms with Gasteiger partial charge in [-0.05, 0) is 43.9 Å². The summed E-state index contributed by atoms with van der Waals surface area (Å²) in [5, 5.41) is 0. The van der Waals surface area contributed by atoms with Gasteiger partial charge in [0, 0.05) is 5.92 Å². The Morgan fingerprint density at radius 3 is 2.82 bits per heavy atom. The topological polar surface area (TPSA) is 17.1 Å². The maximum Gasteiger partial charge on any atom is 0.132 e. The molecule has 0 amide bonds. The fourth-order valence-electron chi connectivity index (χ4n) is 2.51. The first kappa shape index (κ1) is 7.33. The van der Waals surface area contributed by atoms with Gasteiger partial charge in [-0.3, -0.25) is 4.79 Å². The standard InChI is InChI=1S/C10H16O/c1-7(11)8-3-4-10(2)6-9(10)5-8/h8-9H,3-6H2,1-2H3/t8-,9-,10-/m0/s1. The normalized spacial score (nSPS) is 48.2. The molecule has 11 heavy (non-hydrogen) atoms. The van der Waals surface area contributed by atoms with Gasteiger partial charge in [-0.2, -0.15) is 0 Å². The number of carbonyl (C=O) groups is 1. The largest absolute Gasteiger partial charge is 0.300 e. The van der Waals surface area contributed by atoms with Crippen molar-refractivity contribution in [3.8, 4) is 0 Å². The minimum atomic E-state index is 0.413. The Morgan fingerprint density at radius 2 is 2.27 bits per heavy atom. The molecule has 2 saturated carbocycles. The molecule has 0 bridgehead atoms. The summed E-state index contributed by atoms with van der Waals surface area (Å²) in [6.45, 7) is 4.11. The zero-order valence-corrected chi connectivity index (χ0v) is 7.39. The molecule has 0 N–H and O–H groups in total. The van der Waals surface area contributed by atoms with E-state index in [1.54, 1.807) is 6.92 Å². The molecule has 0 aliphatic heterocycles. The molecule has 0 heterocycles. The molecule has 2 aliphatic carbocycles. The summed E-state index contributed by atoms with van der Waals surface area (Å²) in [6, 6.07) is 0. The van der Waals surface area contributed by atoms with E-state index in [1.165, 1.54) is 19.3 Å². The molecule has 0 saturated heterocycles. The second-order valence-corrected chi connectivity index (χ2v) is 4.64. The van der Waals surface area contributed by atoms with Crippen molar-refractivity contribution in [1.82, 2.24) is 0 Å². The van der Waals surface area contributed by atoms with E-state index in [4.69, 9.17) is 0 Å². The van der Waals surface area contributed by atoms with Crippen LogP contribution in [-0.2, 0) is 4.79 Å². The van der Waals surface area contributed by atoms with E-state index >= 15 is 0 Å². The van der Waals surface area contributed by atoms with Crippen LogP contribution in [0.25, 0.3) is 0 Å². The van der Waals surface area contributed by atoms with Crippen molar-refractivity contribution in [3.05, 3.63) is 0 Å². The summed E-state index contributed by atoms with van der Waals surface area (Å²) in [6.07, 6.45) is 5.02. The molecular weight excluding hydrogens is 136 g/mol. The van der Waals surface area contributed by atoms with Gasteiger partial charge in [0.1, 0.15) is 5.78 Å². The molecule has 62 valence electrons. The number of hydrogen-bond donors (Lipinski definition) is 0. The van der Waals surface area contributed by atoms with Gasteiger partial charge < -0.3 is 0 Å². The second kappa shape index (κ2) is 2.09. The quantitative estimate of drug-likeness (QED) is 0.564. The van der Waals surface area contributed by atoms with E-state index in [2.05, 4.69) is 6.92 Å².